The first-order valence-corrected chi connectivity index (χ1v) is 5.15. The van der Waals surface area contributed by atoms with Gasteiger partial charge in [0.15, 0.2) is 0 Å². The number of hydrogen-bond donors (Lipinski definition) is 1. The Labute approximate surface area is 95.1 Å². The molecule has 15 heavy (non-hydrogen) atoms. The summed E-state index contributed by atoms with van der Waals surface area (Å²) in [7, 11) is 3.26. The molecule has 0 atom stereocenters. The highest BCUT2D eigenvalue weighted by molar-refractivity contribution is 6.32. The van der Waals surface area contributed by atoms with Gasteiger partial charge in [0, 0.05) is 7.11 Å². The van der Waals surface area contributed by atoms with Gasteiger partial charge in [-0.15, -0.1) is 0 Å². The van der Waals surface area contributed by atoms with Crippen molar-refractivity contribution in [3.63, 3.8) is 0 Å². The zero-order chi connectivity index (χ0) is 11.3. The summed E-state index contributed by atoms with van der Waals surface area (Å²) in [5, 5.41) is 0.607. The Balaban J connectivity index is 3.07. The molecule has 1 rings (SSSR count). The first-order valence-electron chi connectivity index (χ1n) is 4.77. The summed E-state index contributed by atoms with van der Waals surface area (Å²) in [6, 6.07) is 3.87. The SMILES string of the molecule is COCc1cc(Cl)c(OC)c(CCN)c1. The number of nitrogens with two attached hydrogens (primary N) is 1. The molecule has 0 saturated heterocycles. The Morgan fingerprint density at radius 3 is 2.60 bits per heavy atom. The van der Waals surface area contributed by atoms with Crippen molar-refractivity contribution in [3.05, 3.63) is 28.3 Å². The van der Waals surface area contributed by atoms with Crippen molar-refractivity contribution in [3.8, 4) is 5.75 Å². The molecule has 2 N–H and O–H groups in total. The lowest BCUT2D eigenvalue weighted by Gasteiger charge is -2.12. The fourth-order valence-electron chi connectivity index (χ4n) is 1.53. The third-order valence-electron chi connectivity index (χ3n) is 2.11. The number of rotatable bonds is 5. The van der Waals surface area contributed by atoms with Gasteiger partial charge in [0.1, 0.15) is 5.75 Å². The van der Waals surface area contributed by atoms with Crippen LogP contribution in [0.2, 0.25) is 5.02 Å². The molecule has 0 saturated carbocycles. The van der Waals surface area contributed by atoms with E-state index in [-0.39, 0.29) is 0 Å². The van der Waals surface area contributed by atoms with Gasteiger partial charge in [-0.2, -0.15) is 0 Å². The number of hydrogen-bond acceptors (Lipinski definition) is 3. The van der Waals surface area contributed by atoms with Crippen molar-refractivity contribution in [2.24, 2.45) is 5.73 Å². The smallest absolute Gasteiger partial charge is 0.140 e. The molecule has 1 aromatic rings. The lowest BCUT2D eigenvalue weighted by atomic mass is 10.1. The molecule has 0 bridgehead atoms. The Kier molecular flexibility index (Phi) is 4.88. The minimum absolute atomic E-state index is 0.543. The largest absolute Gasteiger partial charge is 0.495 e. The van der Waals surface area contributed by atoms with Crippen LogP contribution in [0.25, 0.3) is 0 Å². The summed E-state index contributed by atoms with van der Waals surface area (Å²) in [6.07, 6.45) is 0.750. The molecule has 0 aliphatic rings. The van der Waals surface area contributed by atoms with Crippen LogP contribution < -0.4 is 10.5 Å². The number of benzene rings is 1. The Hall–Kier alpha value is -0.770. The maximum absolute atomic E-state index is 6.08. The molecule has 0 aromatic heterocycles. The topological polar surface area (TPSA) is 44.5 Å². The molecule has 3 nitrogen and oxygen atoms in total. The minimum atomic E-state index is 0.543. The molecule has 0 aliphatic heterocycles. The van der Waals surface area contributed by atoms with Crippen LogP contribution in [0.1, 0.15) is 11.1 Å². The normalized spacial score (nSPS) is 10.4. The highest BCUT2D eigenvalue weighted by Gasteiger charge is 2.09. The van der Waals surface area contributed by atoms with Crippen molar-refractivity contribution in [1.29, 1.82) is 0 Å². The van der Waals surface area contributed by atoms with Crippen molar-refractivity contribution < 1.29 is 9.47 Å². The van der Waals surface area contributed by atoms with Gasteiger partial charge in [0.05, 0.1) is 18.7 Å². The third-order valence-corrected chi connectivity index (χ3v) is 2.39. The molecule has 0 amide bonds. The fraction of sp³-hybridized carbons (Fsp3) is 0.455. The average Bonchev–Trinajstić information content (AvgIpc) is 2.18. The van der Waals surface area contributed by atoms with Crippen molar-refractivity contribution in [2.75, 3.05) is 20.8 Å². The van der Waals surface area contributed by atoms with Gasteiger partial charge in [0.2, 0.25) is 0 Å². The van der Waals surface area contributed by atoms with Gasteiger partial charge >= 0.3 is 0 Å². The average molecular weight is 230 g/mol. The quantitative estimate of drug-likeness (QED) is 0.840. The van der Waals surface area contributed by atoms with Gasteiger partial charge in [-0.05, 0) is 36.2 Å². The summed E-state index contributed by atoms with van der Waals surface area (Å²) >= 11 is 6.08. The van der Waals surface area contributed by atoms with Crippen molar-refractivity contribution >= 4 is 11.6 Å². The molecule has 0 heterocycles. The van der Waals surface area contributed by atoms with Crippen LogP contribution in [0, 0.1) is 0 Å². The Morgan fingerprint density at radius 1 is 1.33 bits per heavy atom. The van der Waals surface area contributed by atoms with Crippen LogP contribution in [0.4, 0.5) is 0 Å². The number of halogens is 1. The zero-order valence-corrected chi connectivity index (χ0v) is 9.80. The molecule has 0 aliphatic carbocycles. The maximum Gasteiger partial charge on any atom is 0.140 e. The van der Waals surface area contributed by atoms with Crippen molar-refractivity contribution in [1.82, 2.24) is 0 Å². The molecule has 0 fully saturated rings. The second kappa shape index (κ2) is 5.95. The Morgan fingerprint density at radius 2 is 2.07 bits per heavy atom. The summed E-state index contributed by atoms with van der Waals surface area (Å²) in [6.45, 7) is 1.12. The number of methoxy groups -OCH3 is 2. The summed E-state index contributed by atoms with van der Waals surface area (Å²) in [4.78, 5) is 0. The van der Waals surface area contributed by atoms with E-state index in [1.807, 2.05) is 12.1 Å². The van der Waals surface area contributed by atoms with Gasteiger partial charge < -0.3 is 15.2 Å². The van der Waals surface area contributed by atoms with E-state index in [1.54, 1.807) is 14.2 Å². The molecule has 0 spiro atoms. The molecule has 0 unspecified atom stereocenters. The second-order valence-electron chi connectivity index (χ2n) is 3.24. The highest BCUT2D eigenvalue weighted by atomic mass is 35.5. The van der Waals surface area contributed by atoms with Crippen LogP contribution >= 0.6 is 11.6 Å². The maximum atomic E-state index is 6.08. The lowest BCUT2D eigenvalue weighted by molar-refractivity contribution is 0.185. The van der Waals surface area contributed by atoms with E-state index in [0.29, 0.717) is 23.9 Å². The van der Waals surface area contributed by atoms with E-state index in [9.17, 15) is 0 Å². The minimum Gasteiger partial charge on any atom is -0.495 e. The van der Waals surface area contributed by atoms with Crippen LogP contribution in [-0.2, 0) is 17.8 Å². The molecular formula is C11H16ClNO2. The van der Waals surface area contributed by atoms with Crippen LogP contribution in [0.3, 0.4) is 0 Å². The molecular weight excluding hydrogens is 214 g/mol. The highest BCUT2D eigenvalue weighted by Crippen LogP contribution is 2.30. The van der Waals surface area contributed by atoms with E-state index in [0.717, 1.165) is 17.5 Å². The molecule has 0 radical (unpaired) electrons. The van der Waals surface area contributed by atoms with Gasteiger partial charge in [-0.3, -0.25) is 0 Å². The van der Waals surface area contributed by atoms with E-state index < -0.39 is 0 Å². The lowest BCUT2D eigenvalue weighted by Crippen LogP contribution is -2.05. The summed E-state index contributed by atoms with van der Waals surface area (Å²) in [5.74, 6) is 0.710. The summed E-state index contributed by atoms with van der Waals surface area (Å²) in [5.41, 5.74) is 7.59. The predicted octanol–water partition coefficient (Wildman–Crippen LogP) is 2.00. The fourth-order valence-corrected chi connectivity index (χ4v) is 1.87. The standard InChI is InChI=1S/C11H16ClNO2/c1-14-7-8-5-9(3-4-13)11(15-2)10(12)6-8/h5-6H,3-4,7,13H2,1-2H3. The van der Waals surface area contributed by atoms with Gasteiger partial charge in [0.25, 0.3) is 0 Å². The first kappa shape index (κ1) is 12.3. The summed E-state index contributed by atoms with van der Waals surface area (Å²) < 4.78 is 10.3. The number of ether oxygens (including phenoxy) is 2. The van der Waals surface area contributed by atoms with E-state index in [2.05, 4.69) is 0 Å². The van der Waals surface area contributed by atoms with Gasteiger partial charge in [-0.25, -0.2) is 0 Å². The van der Waals surface area contributed by atoms with Crippen LogP contribution in [-0.4, -0.2) is 20.8 Å². The molecule has 1 aromatic carbocycles. The molecule has 84 valence electrons. The van der Waals surface area contributed by atoms with Gasteiger partial charge in [-0.1, -0.05) is 11.6 Å². The Bertz CT molecular complexity index is 329. The monoisotopic (exact) mass is 229 g/mol. The van der Waals surface area contributed by atoms with E-state index in [1.165, 1.54) is 0 Å². The van der Waals surface area contributed by atoms with Crippen LogP contribution in [0.5, 0.6) is 5.75 Å². The van der Waals surface area contributed by atoms with E-state index in [4.69, 9.17) is 26.8 Å². The second-order valence-corrected chi connectivity index (χ2v) is 3.65. The molecule has 4 heteroatoms. The third kappa shape index (κ3) is 3.09. The predicted molar refractivity (Wildman–Crippen MR) is 61.5 cm³/mol. The van der Waals surface area contributed by atoms with Crippen molar-refractivity contribution in [2.45, 2.75) is 13.0 Å². The first-order chi connectivity index (χ1) is 7.22. The zero-order valence-electron chi connectivity index (χ0n) is 9.05. The van der Waals surface area contributed by atoms with E-state index >= 15 is 0 Å². The van der Waals surface area contributed by atoms with Crippen LogP contribution in [0.15, 0.2) is 12.1 Å².